The van der Waals surface area contributed by atoms with E-state index in [1.54, 1.807) is 4.31 Å². The number of piperazine rings is 1. The summed E-state index contributed by atoms with van der Waals surface area (Å²) in [4.78, 5) is 2.35. The van der Waals surface area contributed by atoms with E-state index >= 15 is 0 Å². The zero-order valence-corrected chi connectivity index (χ0v) is 11.6. The van der Waals surface area contributed by atoms with Crippen molar-refractivity contribution >= 4 is 10.0 Å². The molecule has 0 saturated carbocycles. The molecule has 1 rings (SSSR count). The lowest BCUT2D eigenvalue weighted by Crippen LogP contribution is -2.48. The molecule has 17 heavy (non-hydrogen) atoms. The zero-order valence-electron chi connectivity index (χ0n) is 10.8. The van der Waals surface area contributed by atoms with Gasteiger partial charge in [0.25, 0.3) is 0 Å². The first-order chi connectivity index (χ1) is 8.04. The van der Waals surface area contributed by atoms with E-state index in [2.05, 4.69) is 4.90 Å². The Bertz CT molecular complexity index is 298. The highest BCUT2D eigenvalue weighted by molar-refractivity contribution is 7.88. The van der Waals surface area contributed by atoms with Crippen molar-refractivity contribution in [3.8, 4) is 0 Å². The lowest BCUT2D eigenvalue weighted by Gasteiger charge is -2.33. The Kier molecular flexibility index (Phi) is 6.40. The summed E-state index contributed by atoms with van der Waals surface area (Å²) in [6, 6.07) is 0. The maximum absolute atomic E-state index is 11.3. The molecule has 0 unspecified atom stereocenters. The summed E-state index contributed by atoms with van der Waals surface area (Å²) in [7, 11) is -2.99. The summed E-state index contributed by atoms with van der Waals surface area (Å²) in [6.45, 7) is 4.88. The summed E-state index contributed by atoms with van der Waals surface area (Å²) < 4.78 is 24.2. The van der Waals surface area contributed by atoms with E-state index in [4.69, 9.17) is 5.73 Å². The molecule has 0 aromatic carbocycles. The first-order valence-corrected chi connectivity index (χ1v) is 8.26. The van der Waals surface area contributed by atoms with Crippen molar-refractivity contribution in [3.05, 3.63) is 0 Å². The Balaban J connectivity index is 2.11. The van der Waals surface area contributed by atoms with Crippen molar-refractivity contribution in [3.63, 3.8) is 0 Å². The normalized spacial score (nSPS) is 19.6. The summed E-state index contributed by atoms with van der Waals surface area (Å²) in [5.41, 5.74) is 5.44. The molecule has 0 radical (unpaired) electrons. The van der Waals surface area contributed by atoms with Crippen LogP contribution in [0, 0.1) is 0 Å². The first kappa shape index (κ1) is 14.9. The predicted octanol–water partition coefficient (Wildman–Crippen LogP) is 0.0827. The average molecular weight is 263 g/mol. The second kappa shape index (κ2) is 7.31. The standard InChI is InChI=1S/C11H25N3O2S/c1-17(15,16)14-10-8-13(9-11-14)7-5-3-2-4-6-12/h2-12H2,1H3. The maximum atomic E-state index is 11.3. The van der Waals surface area contributed by atoms with Crippen LogP contribution in [0.1, 0.15) is 25.7 Å². The quantitative estimate of drug-likeness (QED) is 0.661. The third-order valence-electron chi connectivity index (χ3n) is 3.23. The third kappa shape index (κ3) is 5.81. The molecular weight excluding hydrogens is 238 g/mol. The lowest BCUT2D eigenvalue weighted by atomic mass is 10.2. The van der Waals surface area contributed by atoms with Crippen LogP contribution in [-0.4, -0.2) is 63.1 Å². The van der Waals surface area contributed by atoms with E-state index in [9.17, 15) is 8.42 Å². The fraction of sp³-hybridized carbons (Fsp3) is 1.00. The van der Waals surface area contributed by atoms with E-state index in [-0.39, 0.29) is 0 Å². The van der Waals surface area contributed by atoms with Crippen LogP contribution >= 0.6 is 0 Å². The van der Waals surface area contributed by atoms with Gasteiger partial charge in [-0.3, -0.25) is 0 Å². The number of sulfonamides is 1. The molecule has 102 valence electrons. The van der Waals surface area contributed by atoms with Gasteiger partial charge in [0, 0.05) is 26.2 Å². The van der Waals surface area contributed by atoms with Crippen LogP contribution in [0.15, 0.2) is 0 Å². The van der Waals surface area contributed by atoms with E-state index < -0.39 is 10.0 Å². The summed E-state index contributed by atoms with van der Waals surface area (Å²) in [6.07, 6.45) is 6.03. The number of unbranched alkanes of at least 4 members (excludes halogenated alkanes) is 3. The van der Waals surface area contributed by atoms with E-state index in [1.165, 1.54) is 25.5 Å². The number of rotatable bonds is 7. The number of hydrogen-bond donors (Lipinski definition) is 1. The van der Waals surface area contributed by atoms with Crippen molar-refractivity contribution in [2.45, 2.75) is 25.7 Å². The molecule has 1 saturated heterocycles. The van der Waals surface area contributed by atoms with Crippen LogP contribution in [0.25, 0.3) is 0 Å². The molecule has 1 heterocycles. The van der Waals surface area contributed by atoms with Gasteiger partial charge >= 0.3 is 0 Å². The summed E-state index contributed by atoms with van der Waals surface area (Å²) in [5.74, 6) is 0. The average Bonchev–Trinajstić information content (AvgIpc) is 2.28. The SMILES string of the molecule is CS(=O)(=O)N1CCN(CCCCCCN)CC1. The zero-order chi connectivity index (χ0) is 12.7. The third-order valence-corrected chi connectivity index (χ3v) is 4.53. The van der Waals surface area contributed by atoms with Gasteiger partial charge < -0.3 is 10.6 Å². The van der Waals surface area contributed by atoms with Crippen molar-refractivity contribution < 1.29 is 8.42 Å². The van der Waals surface area contributed by atoms with Gasteiger partial charge in [0.15, 0.2) is 0 Å². The van der Waals surface area contributed by atoms with Gasteiger partial charge in [-0.15, -0.1) is 0 Å². The molecule has 0 atom stereocenters. The van der Waals surface area contributed by atoms with Gasteiger partial charge in [0.1, 0.15) is 0 Å². The Morgan fingerprint density at radius 1 is 1.00 bits per heavy atom. The second-order valence-electron chi connectivity index (χ2n) is 4.71. The molecule has 1 aliphatic rings. The number of hydrogen-bond acceptors (Lipinski definition) is 4. The smallest absolute Gasteiger partial charge is 0.211 e. The number of nitrogens with two attached hydrogens (primary N) is 1. The molecule has 0 aliphatic carbocycles. The van der Waals surface area contributed by atoms with Gasteiger partial charge in [0.05, 0.1) is 6.26 Å². The van der Waals surface area contributed by atoms with Crippen LogP contribution in [0.2, 0.25) is 0 Å². The van der Waals surface area contributed by atoms with Crippen molar-refractivity contribution in [1.82, 2.24) is 9.21 Å². The maximum Gasteiger partial charge on any atom is 0.211 e. The highest BCUT2D eigenvalue weighted by Crippen LogP contribution is 2.08. The molecule has 0 bridgehead atoms. The topological polar surface area (TPSA) is 66.6 Å². The molecule has 2 N–H and O–H groups in total. The largest absolute Gasteiger partial charge is 0.330 e. The van der Waals surface area contributed by atoms with Crippen LogP contribution < -0.4 is 5.73 Å². The molecule has 1 fully saturated rings. The highest BCUT2D eigenvalue weighted by Gasteiger charge is 2.22. The van der Waals surface area contributed by atoms with Crippen molar-refractivity contribution in [2.24, 2.45) is 5.73 Å². The van der Waals surface area contributed by atoms with Gasteiger partial charge in [-0.25, -0.2) is 8.42 Å². The van der Waals surface area contributed by atoms with Crippen LogP contribution in [0.4, 0.5) is 0 Å². The van der Waals surface area contributed by atoms with Gasteiger partial charge in [-0.05, 0) is 25.9 Å². The van der Waals surface area contributed by atoms with Gasteiger partial charge in [-0.1, -0.05) is 12.8 Å². The molecule has 0 amide bonds. The fourth-order valence-electron chi connectivity index (χ4n) is 2.12. The van der Waals surface area contributed by atoms with Crippen molar-refractivity contribution in [2.75, 3.05) is 45.5 Å². The Labute approximate surface area is 105 Å². The highest BCUT2D eigenvalue weighted by atomic mass is 32.2. The van der Waals surface area contributed by atoms with Gasteiger partial charge in [-0.2, -0.15) is 4.31 Å². The Hall–Kier alpha value is -0.170. The molecule has 0 spiro atoms. The summed E-state index contributed by atoms with van der Waals surface area (Å²) >= 11 is 0. The Morgan fingerprint density at radius 3 is 2.12 bits per heavy atom. The monoisotopic (exact) mass is 263 g/mol. The van der Waals surface area contributed by atoms with E-state index in [0.717, 1.165) is 32.6 Å². The van der Waals surface area contributed by atoms with Crippen molar-refractivity contribution in [1.29, 1.82) is 0 Å². The molecule has 1 aliphatic heterocycles. The minimum atomic E-state index is -2.99. The van der Waals surface area contributed by atoms with E-state index in [0.29, 0.717) is 13.1 Å². The minimum Gasteiger partial charge on any atom is -0.330 e. The molecule has 5 nitrogen and oxygen atoms in total. The fourth-order valence-corrected chi connectivity index (χ4v) is 2.94. The Morgan fingerprint density at radius 2 is 1.59 bits per heavy atom. The summed E-state index contributed by atoms with van der Waals surface area (Å²) in [5, 5.41) is 0. The lowest BCUT2D eigenvalue weighted by molar-refractivity contribution is 0.186. The molecule has 0 aromatic rings. The second-order valence-corrected chi connectivity index (χ2v) is 6.69. The van der Waals surface area contributed by atoms with Crippen LogP contribution in [0.3, 0.4) is 0 Å². The van der Waals surface area contributed by atoms with Crippen LogP contribution in [-0.2, 0) is 10.0 Å². The van der Waals surface area contributed by atoms with E-state index in [1.807, 2.05) is 0 Å². The molecule has 6 heteroatoms. The number of nitrogens with zero attached hydrogens (tertiary/aromatic N) is 2. The van der Waals surface area contributed by atoms with Gasteiger partial charge in [0.2, 0.25) is 10.0 Å². The predicted molar refractivity (Wildman–Crippen MR) is 70.4 cm³/mol. The molecule has 0 aromatic heterocycles. The van der Waals surface area contributed by atoms with Crippen LogP contribution in [0.5, 0.6) is 0 Å². The molecular formula is C11H25N3O2S. The first-order valence-electron chi connectivity index (χ1n) is 6.41. The minimum absolute atomic E-state index is 0.641.